The van der Waals surface area contributed by atoms with Gasteiger partial charge in [0.2, 0.25) is 5.91 Å². The molecule has 23 heavy (non-hydrogen) atoms. The normalized spacial score (nSPS) is 11.9. The van der Waals surface area contributed by atoms with Gasteiger partial charge in [0.25, 0.3) is 0 Å². The van der Waals surface area contributed by atoms with Crippen LogP contribution in [0.5, 0.6) is 0 Å². The van der Waals surface area contributed by atoms with E-state index in [0.717, 1.165) is 24.3 Å². The van der Waals surface area contributed by atoms with Gasteiger partial charge < -0.3 is 5.32 Å². The van der Waals surface area contributed by atoms with Crippen LogP contribution in [0.4, 0.5) is 0 Å². The molecule has 122 valence electrons. The number of aryl methyl sites for hydroxylation is 1. The lowest BCUT2D eigenvalue weighted by Gasteiger charge is -2.14. The number of thioether (sulfide) groups is 1. The monoisotopic (exact) mass is 327 g/mol. The Bertz CT molecular complexity index is 571. The van der Waals surface area contributed by atoms with Crippen molar-refractivity contribution < 1.29 is 4.79 Å². The largest absolute Gasteiger partial charge is 0.354 e. The molecule has 0 aliphatic rings. The molecule has 2 aromatic carbocycles. The highest BCUT2D eigenvalue weighted by Crippen LogP contribution is 2.12. The summed E-state index contributed by atoms with van der Waals surface area (Å²) in [7, 11) is 0. The minimum atomic E-state index is 0.158. The van der Waals surface area contributed by atoms with Crippen LogP contribution in [-0.2, 0) is 17.0 Å². The second kappa shape index (κ2) is 10.1. The van der Waals surface area contributed by atoms with Crippen LogP contribution in [0, 0.1) is 0 Å². The molecule has 1 atom stereocenters. The van der Waals surface area contributed by atoms with Gasteiger partial charge in [0.15, 0.2) is 0 Å². The SMILES string of the molecule is C[C@@H](CCc1ccccc1)NC(=O)CCSCc1ccccc1. The van der Waals surface area contributed by atoms with Crippen LogP contribution < -0.4 is 5.32 Å². The van der Waals surface area contributed by atoms with Gasteiger partial charge in [-0.15, -0.1) is 0 Å². The number of benzene rings is 2. The zero-order valence-electron chi connectivity index (χ0n) is 13.7. The van der Waals surface area contributed by atoms with Crippen molar-refractivity contribution in [3.8, 4) is 0 Å². The zero-order chi connectivity index (χ0) is 16.3. The van der Waals surface area contributed by atoms with E-state index in [0.29, 0.717) is 6.42 Å². The van der Waals surface area contributed by atoms with Gasteiger partial charge in [0, 0.05) is 24.0 Å². The summed E-state index contributed by atoms with van der Waals surface area (Å²) in [4.78, 5) is 12.0. The van der Waals surface area contributed by atoms with Crippen molar-refractivity contribution in [3.63, 3.8) is 0 Å². The van der Waals surface area contributed by atoms with Gasteiger partial charge in [-0.2, -0.15) is 11.8 Å². The number of carbonyl (C=O) groups excluding carboxylic acids is 1. The molecular formula is C20H25NOS. The number of amides is 1. The minimum absolute atomic E-state index is 0.158. The molecule has 2 aromatic rings. The number of hydrogen-bond acceptors (Lipinski definition) is 2. The molecule has 0 heterocycles. The molecule has 0 saturated carbocycles. The van der Waals surface area contributed by atoms with E-state index in [9.17, 15) is 4.79 Å². The van der Waals surface area contributed by atoms with Crippen molar-refractivity contribution in [2.24, 2.45) is 0 Å². The zero-order valence-corrected chi connectivity index (χ0v) is 14.5. The van der Waals surface area contributed by atoms with Crippen LogP contribution in [0.25, 0.3) is 0 Å². The van der Waals surface area contributed by atoms with Crippen molar-refractivity contribution in [2.75, 3.05) is 5.75 Å². The first-order valence-corrected chi connectivity index (χ1v) is 9.34. The van der Waals surface area contributed by atoms with Crippen molar-refractivity contribution in [1.82, 2.24) is 5.32 Å². The maximum Gasteiger partial charge on any atom is 0.221 e. The van der Waals surface area contributed by atoms with Crippen molar-refractivity contribution >= 4 is 17.7 Å². The lowest BCUT2D eigenvalue weighted by molar-refractivity contribution is -0.121. The number of carbonyl (C=O) groups is 1. The first-order chi connectivity index (χ1) is 11.2. The molecule has 0 saturated heterocycles. The van der Waals surface area contributed by atoms with Crippen LogP contribution in [-0.4, -0.2) is 17.7 Å². The molecular weight excluding hydrogens is 302 g/mol. The molecule has 1 amide bonds. The third kappa shape index (κ3) is 7.38. The Morgan fingerprint density at radius 2 is 1.61 bits per heavy atom. The first-order valence-electron chi connectivity index (χ1n) is 8.19. The van der Waals surface area contributed by atoms with Gasteiger partial charge in [-0.3, -0.25) is 4.79 Å². The lowest BCUT2D eigenvalue weighted by atomic mass is 10.1. The van der Waals surface area contributed by atoms with Gasteiger partial charge >= 0.3 is 0 Å². The molecule has 0 spiro atoms. The van der Waals surface area contributed by atoms with Crippen molar-refractivity contribution in [3.05, 3.63) is 71.8 Å². The van der Waals surface area contributed by atoms with Gasteiger partial charge in [-0.25, -0.2) is 0 Å². The Balaban J connectivity index is 1.57. The molecule has 0 aliphatic heterocycles. The van der Waals surface area contributed by atoms with Gasteiger partial charge in [0.1, 0.15) is 0 Å². The summed E-state index contributed by atoms with van der Waals surface area (Å²) >= 11 is 1.81. The summed E-state index contributed by atoms with van der Waals surface area (Å²) in [6, 6.07) is 21.0. The van der Waals surface area contributed by atoms with E-state index >= 15 is 0 Å². The van der Waals surface area contributed by atoms with E-state index in [1.165, 1.54) is 11.1 Å². The number of nitrogens with one attached hydrogen (secondary N) is 1. The Hall–Kier alpha value is -1.74. The number of hydrogen-bond donors (Lipinski definition) is 1. The van der Waals surface area contributed by atoms with Gasteiger partial charge in [0.05, 0.1) is 0 Å². The topological polar surface area (TPSA) is 29.1 Å². The second-order valence-electron chi connectivity index (χ2n) is 5.78. The van der Waals surface area contributed by atoms with Crippen LogP contribution >= 0.6 is 11.8 Å². The molecule has 0 aliphatic carbocycles. The average molecular weight is 327 g/mol. The highest BCUT2D eigenvalue weighted by atomic mass is 32.2. The summed E-state index contributed by atoms with van der Waals surface area (Å²) in [6.07, 6.45) is 2.57. The maximum atomic E-state index is 12.0. The van der Waals surface area contributed by atoms with E-state index in [2.05, 4.69) is 60.8 Å². The smallest absolute Gasteiger partial charge is 0.221 e. The summed E-state index contributed by atoms with van der Waals surface area (Å²) in [6.45, 7) is 2.08. The Labute approximate surface area is 143 Å². The van der Waals surface area contributed by atoms with E-state index in [1.54, 1.807) is 0 Å². The van der Waals surface area contributed by atoms with Crippen LogP contribution in [0.1, 0.15) is 30.9 Å². The Morgan fingerprint density at radius 3 is 2.26 bits per heavy atom. The van der Waals surface area contributed by atoms with Crippen molar-refractivity contribution in [1.29, 1.82) is 0 Å². The molecule has 0 fully saturated rings. The van der Waals surface area contributed by atoms with E-state index in [1.807, 2.05) is 23.9 Å². The predicted molar refractivity (Wildman–Crippen MR) is 99.6 cm³/mol. The van der Waals surface area contributed by atoms with E-state index < -0.39 is 0 Å². The molecule has 0 bridgehead atoms. The Morgan fingerprint density at radius 1 is 1.00 bits per heavy atom. The standard InChI is InChI=1S/C20H25NOS/c1-17(12-13-18-8-4-2-5-9-18)21-20(22)14-15-23-16-19-10-6-3-7-11-19/h2-11,17H,12-16H2,1H3,(H,21,22)/t17-/m0/s1. The molecule has 1 N–H and O–H groups in total. The Kier molecular flexibility index (Phi) is 7.74. The summed E-state index contributed by atoms with van der Waals surface area (Å²) in [5.74, 6) is 2.00. The van der Waals surface area contributed by atoms with Crippen LogP contribution in [0.2, 0.25) is 0 Å². The lowest BCUT2D eigenvalue weighted by Crippen LogP contribution is -2.33. The molecule has 0 unspecified atom stereocenters. The highest BCUT2D eigenvalue weighted by molar-refractivity contribution is 7.98. The summed E-state index contributed by atoms with van der Waals surface area (Å²) < 4.78 is 0. The quantitative estimate of drug-likeness (QED) is 0.690. The molecule has 3 heteroatoms. The fraction of sp³-hybridized carbons (Fsp3) is 0.350. The summed E-state index contributed by atoms with van der Waals surface area (Å²) in [5, 5.41) is 3.10. The highest BCUT2D eigenvalue weighted by Gasteiger charge is 2.07. The van der Waals surface area contributed by atoms with Crippen molar-refractivity contribution in [2.45, 2.75) is 38.0 Å². The fourth-order valence-corrected chi connectivity index (χ4v) is 3.28. The second-order valence-corrected chi connectivity index (χ2v) is 6.89. The van der Waals surface area contributed by atoms with Gasteiger partial charge in [-0.05, 0) is 30.9 Å². The maximum absolute atomic E-state index is 12.0. The number of rotatable bonds is 9. The molecule has 0 aromatic heterocycles. The van der Waals surface area contributed by atoms with E-state index in [4.69, 9.17) is 0 Å². The molecule has 0 radical (unpaired) electrons. The first kappa shape index (κ1) is 17.6. The third-order valence-electron chi connectivity index (χ3n) is 3.70. The third-order valence-corrected chi connectivity index (χ3v) is 4.73. The fourth-order valence-electron chi connectivity index (χ4n) is 2.38. The van der Waals surface area contributed by atoms with Crippen LogP contribution in [0.3, 0.4) is 0 Å². The summed E-state index contributed by atoms with van der Waals surface area (Å²) in [5.41, 5.74) is 2.64. The average Bonchev–Trinajstić information content (AvgIpc) is 2.59. The van der Waals surface area contributed by atoms with Gasteiger partial charge in [-0.1, -0.05) is 60.7 Å². The predicted octanol–water partition coefficient (Wildman–Crippen LogP) is 4.45. The van der Waals surface area contributed by atoms with Crippen LogP contribution in [0.15, 0.2) is 60.7 Å². The molecule has 2 rings (SSSR count). The minimum Gasteiger partial charge on any atom is -0.354 e. The molecule has 2 nitrogen and oxygen atoms in total. The van der Waals surface area contributed by atoms with E-state index in [-0.39, 0.29) is 11.9 Å².